The minimum Gasteiger partial charge on any atom is -0.481 e. The van der Waals surface area contributed by atoms with Crippen LogP contribution < -0.4 is 10.1 Å². The molecule has 0 aromatic heterocycles. The third-order valence-electron chi connectivity index (χ3n) is 5.19. The van der Waals surface area contributed by atoms with Gasteiger partial charge in [-0.05, 0) is 28.1 Å². The van der Waals surface area contributed by atoms with Crippen LogP contribution in [0, 0.1) is 0 Å². The van der Waals surface area contributed by atoms with Gasteiger partial charge in [0.2, 0.25) is 5.91 Å². The van der Waals surface area contributed by atoms with Crippen LogP contribution in [0.1, 0.15) is 22.7 Å². The SMILES string of the molecule is O=C(O)COc1cccc2cc(CC(=O)NC(c3ccccc3)c3ccccc3)ccc12. The number of ether oxygens (including phenoxy) is 1. The van der Waals surface area contributed by atoms with Crippen LogP contribution in [0.4, 0.5) is 0 Å². The second-order valence-electron chi connectivity index (χ2n) is 7.49. The zero-order valence-corrected chi connectivity index (χ0v) is 17.4. The van der Waals surface area contributed by atoms with Gasteiger partial charge in [-0.25, -0.2) is 4.79 Å². The molecule has 0 saturated heterocycles. The molecule has 5 heteroatoms. The number of fused-ring (bicyclic) bond motifs is 1. The van der Waals surface area contributed by atoms with Gasteiger partial charge in [0.05, 0.1) is 12.5 Å². The lowest BCUT2D eigenvalue weighted by atomic mass is 9.98. The van der Waals surface area contributed by atoms with Crippen LogP contribution in [0.15, 0.2) is 97.1 Å². The highest BCUT2D eigenvalue weighted by Crippen LogP contribution is 2.27. The summed E-state index contributed by atoms with van der Waals surface area (Å²) >= 11 is 0. The second kappa shape index (κ2) is 9.79. The van der Waals surface area contributed by atoms with Gasteiger partial charge in [-0.3, -0.25) is 4.79 Å². The lowest BCUT2D eigenvalue weighted by molar-refractivity contribution is -0.139. The minimum atomic E-state index is -1.03. The number of carbonyl (C=O) groups is 2. The molecule has 160 valence electrons. The fourth-order valence-electron chi connectivity index (χ4n) is 3.73. The largest absolute Gasteiger partial charge is 0.481 e. The molecule has 0 saturated carbocycles. The van der Waals surface area contributed by atoms with Crippen molar-refractivity contribution < 1.29 is 19.4 Å². The van der Waals surface area contributed by atoms with Crippen molar-refractivity contribution in [3.63, 3.8) is 0 Å². The number of hydrogen-bond donors (Lipinski definition) is 2. The van der Waals surface area contributed by atoms with Gasteiger partial charge >= 0.3 is 5.97 Å². The summed E-state index contributed by atoms with van der Waals surface area (Å²) in [5.74, 6) is -0.601. The molecule has 0 aliphatic heterocycles. The fourth-order valence-corrected chi connectivity index (χ4v) is 3.73. The summed E-state index contributed by atoms with van der Waals surface area (Å²) in [5, 5.41) is 13.7. The van der Waals surface area contributed by atoms with E-state index in [1.54, 1.807) is 6.07 Å². The molecule has 0 radical (unpaired) electrons. The lowest BCUT2D eigenvalue weighted by Crippen LogP contribution is -2.30. The zero-order valence-electron chi connectivity index (χ0n) is 17.4. The third kappa shape index (κ3) is 5.13. The Balaban J connectivity index is 1.53. The highest BCUT2D eigenvalue weighted by molar-refractivity contribution is 5.90. The van der Waals surface area contributed by atoms with E-state index in [0.717, 1.165) is 27.5 Å². The van der Waals surface area contributed by atoms with Crippen molar-refractivity contribution in [2.45, 2.75) is 12.5 Å². The van der Waals surface area contributed by atoms with Crippen molar-refractivity contribution in [1.29, 1.82) is 0 Å². The third-order valence-corrected chi connectivity index (χ3v) is 5.19. The molecule has 1 amide bonds. The number of carboxylic acid groups (broad SMARTS) is 1. The van der Waals surface area contributed by atoms with Crippen LogP contribution in [-0.4, -0.2) is 23.6 Å². The summed E-state index contributed by atoms with van der Waals surface area (Å²) in [6.07, 6.45) is 0.228. The monoisotopic (exact) mass is 425 g/mol. The van der Waals surface area contributed by atoms with E-state index in [0.29, 0.717) is 5.75 Å². The van der Waals surface area contributed by atoms with Crippen LogP contribution in [0.2, 0.25) is 0 Å². The van der Waals surface area contributed by atoms with E-state index in [9.17, 15) is 9.59 Å². The van der Waals surface area contributed by atoms with Crippen LogP contribution >= 0.6 is 0 Å². The number of rotatable bonds is 8. The number of hydrogen-bond acceptors (Lipinski definition) is 3. The summed E-state index contributed by atoms with van der Waals surface area (Å²) in [7, 11) is 0. The molecule has 5 nitrogen and oxygen atoms in total. The van der Waals surface area contributed by atoms with Gasteiger partial charge in [0, 0.05) is 5.39 Å². The standard InChI is InChI=1S/C27H23NO4/c29-25(28-27(20-8-3-1-4-9-20)21-10-5-2-6-11-21)17-19-14-15-23-22(16-19)12-7-13-24(23)32-18-26(30)31/h1-16,27H,17-18H2,(H,28,29)(H,30,31). The van der Waals surface area contributed by atoms with Gasteiger partial charge in [-0.15, -0.1) is 0 Å². The summed E-state index contributed by atoms with van der Waals surface area (Å²) < 4.78 is 5.37. The van der Waals surface area contributed by atoms with Crippen LogP contribution in [0.5, 0.6) is 5.75 Å². The second-order valence-corrected chi connectivity index (χ2v) is 7.49. The number of amides is 1. The first-order valence-electron chi connectivity index (χ1n) is 10.4. The van der Waals surface area contributed by atoms with E-state index in [-0.39, 0.29) is 18.4 Å². The average Bonchev–Trinajstić information content (AvgIpc) is 2.82. The maximum atomic E-state index is 12.9. The molecule has 32 heavy (non-hydrogen) atoms. The fraction of sp³-hybridized carbons (Fsp3) is 0.111. The summed E-state index contributed by atoms with van der Waals surface area (Å²) in [6, 6.07) is 30.7. The highest BCUT2D eigenvalue weighted by Gasteiger charge is 2.17. The number of aliphatic carboxylic acids is 1. The molecule has 0 bridgehead atoms. The number of benzene rings is 4. The smallest absolute Gasteiger partial charge is 0.341 e. The van der Waals surface area contributed by atoms with Gasteiger partial charge in [0.1, 0.15) is 5.75 Å². The highest BCUT2D eigenvalue weighted by atomic mass is 16.5. The Morgan fingerprint density at radius 1 is 0.812 bits per heavy atom. The quantitative estimate of drug-likeness (QED) is 0.427. The maximum Gasteiger partial charge on any atom is 0.341 e. The molecule has 4 aromatic carbocycles. The summed E-state index contributed by atoms with van der Waals surface area (Å²) in [6.45, 7) is -0.399. The molecule has 0 fully saturated rings. The Morgan fingerprint density at radius 3 is 2.09 bits per heavy atom. The molecule has 0 heterocycles. The van der Waals surface area contributed by atoms with Crippen molar-refractivity contribution in [2.75, 3.05) is 6.61 Å². The Labute approximate surface area is 186 Å². The van der Waals surface area contributed by atoms with Crippen molar-refractivity contribution in [3.05, 3.63) is 114 Å². The molecule has 4 aromatic rings. The topological polar surface area (TPSA) is 75.6 Å². The van der Waals surface area contributed by atoms with E-state index >= 15 is 0 Å². The summed E-state index contributed by atoms with van der Waals surface area (Å²) in [4.78, 5) is 23.8. The van der Waals surface area contributed by atoms with Crippen molar-refractivity contribution in [3.8, 4) is 5.75 Å². The van der Waals surface area contributed by atoms with E-state index in [4.69, 9.17) is 9.84 Å². The Bertz CT molecular complexity index is 1180. The normalized spacial score (nSPS) is 10.8. The first-order valence-corrected chi connectivity index (χ1v) is 10.4. The van der Waals surface area contributed by atoms with E-state index in [1.165, 1.54) is 0 Å². The predicted molar refractivity (Wildman–Crippen MR) is 124 cm³/mol. The minimum absolute atomic E-state index is 0.0830. The van der Waals surface area contributed by atoms with E-state index in [2.05, 4.69) is 5.32 Å². The van der Waals surface area contributed by atoms with Gasteiger partial charge in [0.25, 0.3) is 0 Å². The molecule has 0 aliphatic rings. The zero-order chi connectivity index (χ0) is 22.3. The molecule has 0 aliphatic carbocycles. The van der Waals surface area contributed by atoms with Crippen LogP contribution in [0.25, 0.3) is 10.8 Å². The van der Waals surface area contributed by atoms with Gasteiger partial charge < -0.3 is 15.2 Å². The van der Waals surface area contributed by atoms with E-state index < -0.39 is 12.6 Å². The first kappa shape index (κ1) is 21.1. The summed E-state index contributed by atoms with van der Waals surface area (Å²) in [5.41, 5.74) is 2.90. The van der Waals surface area contributed by atoms with Crippen molar-refractivity contribution in [1.82, 2.24) is 5.32 Å². The van der Waals surface area contributed by atoms with Crippen molar-refractivity contribution >= 4 is 22.6 Å². The van der Waals surface area contributed by atoms with E-state index in [1.807, 2.05) is 91.0 Å². The molecule has 2 N–H and O–H groups in total. The lowest BCUT2D eigenvalue weighted by Gasteiger charge is -2.20. The van der Waals surface area contributed by atoms with Gasteiger partial charge in [0.15, 0.2) is 6.61 Å². The maximum absolute atomic E-state index is 12.9. The van der Waals surface area contributed by atoms with Gasteiger partial charge in [-0.2, -0.15) is 0 Å². The molecular weight excluding hydrogens is 402 g/mol. The Morgan fingerprint density at radius 2 is 1.47 bits per heavy atom. The number of carboxylic acids is 1. The Hall–Kier alpha value is -4.12. The predicted octanol–water partition coefficient (Wildman–Crippen LogP) is 4.75. The Kier molecular flexibility index (Phi) is 6.46. The van der Waals surface area contributed by atoms with Crippen LogP contribution in [-0.2, 0) is 16.0 Å². The average molecular weight is 425 g/mol. The van der Waals surface area contributed by atoms with Gasteiger partial charge in [-0.1, -0.05) is 91.0 Å². The number of nitrogens with one attached hydrogen (secondary N) is 1. The number of carbonyl (C=O) groups excluding carboxylic acids is 1. The van der Waals surface area contributed by atoms with Crippen LogP contribution in [0.3, 0.4) is 0 Å². The molecule has 0 unspecified atom stereocenters. The molecule has 0 atom stereocenters. The molecule has 4 rings (SSSR count). The first-order chi connectivity index (χ1) is 15.6. The molecular formula is C27H23NO4. The molecule has 0 spiro atoms. The van der Waals surface area contributed by atoms with Crippen molar-refractivity contribution in [2.24, 2.45) is 0 Å².